The lowest BCUT2D eigenvalue weighted by Gasteiger charge is -2.59. The van der Waals surface area contributed by atoms with Crippen LogP contribution in [0.3, 0.4) is 0 Å². The van der Waals surface area contributed by atoms with E-state index in [1.165, 1.54) is 31.3 Å². The largest absolute Gasteiger partial charge is 0.313 e. The summed E-state index contributed by atoms with van der Waals surface area (Å²) in [5, 5.41) is 3.81. The second kappa shape index (κ2) is 4.67. The van der Waals surface area contributed by atoms with E-state index in [1.807, 2.05) is 0 Å². The molecule has 4 fully saturated rings. The summed E-state index contributed by atoms with van der Waals surface area (Å²) in [6.07, 6.45) is 10.3. The fourth-order valence-electron chi connectivity index (χ4n) is 5.70. The van der Waals surface area contributed by atoms with Crippen molar-refractivity contribution < 1.29 is 0 Å². The van der Waals surface area contributed by atoms with E-state index < -0.39 is 0 Å². The highest BCUT2D eigenvalue weighted by Crippen LogP contribution is 2.61. The average Bonchev–Trinajstić information content (AvgIpc) is 2.26. The third-order valence-electron chi connectivity index (χ3n) is 5.83. The highest BCUT2D eigenvalue weighted by atomic mass is 14.9. The molecule has 1 nitrogen and oxygen atoms in total. The van der Waals surface area contributed by atoms with Gasteiger partial charge in [0.15, 0.2) is 0 Å². The Morgan fingerprint density at radius 1 is 1.17 bits per heavy atom. The molecule has 102 valence electrons. The predicted molar refractivity (Wildman–Crippen MR) is 77.5 cm³/mol. The Balaban J connectivity index is 1.81. The van der Waals surface area contributed by atoms with E-state index in [-0.39, 0.29) is 0 Å². The molecule has 0 spiro atoms. The molecule has 0 amide bonds. The molecule has 18 heavy (non-hydrogen) atoms. The van der Waals surface area contributed by atoms with E-state index in [2.05, 4.69) is 25.7 Å². The normalized spacial score (nSPS) is 43.1. The highest BCUT2D eigenvalue weighted by Gasteiger charge is 2.53. The lowest BCUT2D eigenvalue weighted by atomic mass is 9.47. The summed E-state index contributed by atoms with van der Waals surface area (Å²) in [6, 6.07) is 0.702. The Kier molecular flexibility index (Phi) is 3.30. The molecule has 1 atom stereocenters. The fourth-order valence-corrected chi connectivity index (χ4v) is 5.70. The summed E-state index contributed by atoms with van der Waals surface area (Å²) < 4.78 is 0. The first-order valence-corrected chi connectivity index (χ1v) is 7.99. The van der Waals surface area contributed by atoms with Crippen LogP contribution in [0.5, 0.6) is 0 Å². The topological polar surface area (TPSA) is 12.0 Å². The van der Waals surface area contributed by atoms with Gasteiger partial charge in [-0.25, -0.2) is 0 Å². The van der Waals surface area contributed by atoms with E-state index in [1.54, 1.807) is 19.3 Å². The van der Waals surface area contributed by atoms with Gasteiger partial charge in [-0.15, -0.1) is 6.58 Å². The van der Waals surface area contributed by atoms with Crippen molar-refractivity contribution in [2.24, 2.45) is 23.2 Å². The van der Waals surface area contributed by atoms with Crippen molar-refractivity contribution in [3.8, 4) is 0 Å². The van der Waals surface area contributed by atoms with Gasteiger partial charge in [0.25, 0.3) is 0 Å². The minimum atomic E-state index is 0.629. The molecule has 1 unspecified atom stereocenters. The smallest absolute Gasteiger partial charge is 0.0161 e. The van der Waals surface area contributed by atoms with Crippen LogP contribution in [0.1, 0.15) is 58.8 Å². The first-order valence-electron chi connectivity index (χ1n) is 7.99. The number of hydrogen-bond acceptors (Lipinski definition) is 1. The van der Waals surface area contributed by atoms with Crippen molar-refractivity contribution in [3.63, 3.8) is 0 Å². The molecule has 0 aliphatic heterocycles. The molecule has 4 aliphatic rings. The van der Waals surface area contributed by atoms with Gasteiger partial charge < -0.3 is 5.32 Å². The molecular formula is C17H29N. The molecule has 0 heterocycles. The number of rotatable bonds is 5. The third kappa shape index (κ3) is 2.15. The molecule has 0 aromatic rings. The van der Waals surface area contributed by atoms with Gasteiger partial charge in [0.05, 0.1) is 0 Å². The van der Waals surface area contributed by atoms with E-state index in [4.69, 9.17) is 0 Å². The summed E-state index contributed by atoms with van der Waals surface area (Å²) in [4.78, 5) is 0. The zero-order valence-corrected chi connectivity index (χ0v) is 12.2. The van der Waals surface area contributed by atoms with Crippen LogP contribution >= 0.6 is 0 Å². The minimum absolute atomic E-state index is 0.629. The maximum Gasteiger partial charge on any atom is 0.0161 e. The first-order chi connectivity index (χ1) is 8.61. The second-order valence-electron chi connectivity index (χ2n) is 7.55. The Morgan fingerprint density at radius 2 is 1.67 bits per heavy atom. The van der Waals surface area contributed by atoms with Crippen molar-refractivity contribution in [1.82, 2.24) is 5.32 Å². The summed E-state index contributed by atoms with van der Waals surface area (Å²) in [7, 11) is 0. The molecule has 4 bridgehead atoms. The van der Waals surface area contributed by atoms with E-state index >= 15 is 0 Å². The van der Waals surface area contributed by atoms with Gasteiger partial charge >= 0.3 is 0 Å². The Labute approximate surface area is 112 Å². The molecule has 0 radical (unpaired) electrons. The summed E-state index contributed by atoms with van der Waals surface area (Å²) >= 11 is 0. The van der Waals surface area contributed by atoms with Crippen molar-refractivity contribution in [1.29, 1.82) is 0 Å². The molecule has 1 heteroatoms. The summed E-state index contributed by atoms with van der Waals surface area (Å²) in [6.45, 7) is 9.73. The van der Waals surface area contributed by atoms with Crippen molar-refractivity contribution in [2.75, 3.05) is 6.54 Å². The zero-order chi connectivity index (χ0) is 12.8. The van der Waals surface area contributed by atoms with Gasteiger partial charge in [-0.1, -0.05) is 12.5 Å². The molecule has 4 saturated carbocycles. The van der Waals surface area contributed by atoms with Crippen LogP contribution < -0.4 is 5.32 Å². The zero-order valence-electron chi connectivity index (χ0n) is 12.2. The van der Waals surface area contributed by atoms with Gasteiger partial charge in [-0.2, -0.15) is 0 Å². The fraction of sp³-hybridized carbons (Fsp3) is 0.882. The lowest BCUT2D eigenvalue weighted by molar-refractivity contribution is -0.0733. The molecule has 1 N–H and O–H groups in total. The van der Waals surface area contributed by atoms with Gasteiger partial charge in [0, 0.05) is 6.04 Å². The summed E-state index contributed by atoms with van der Waals surface area (Å²) in [5.74, 6) is 3.17. The van der Waals surface area contributed by atoms with Crippen molar-refractivity contribution in [2.45, 2.75) is 64.8 Å². The molecule has 0 aromatic carbocycles. The van der Waals surface area contributed by atoms with Crippen molar-refractivity contribution in [3.05, 3.63) is 12.2 Å². The molecule has 4 rings (SSSR count). The van der Waals surface area contributed by atoms with Crippen LogP contribution in [-0.4, -0.2) is 12.6 Å². The van der Waals surface area contributed by atoms with E-state index in [9.17, 15) is 0 Å². The van der Waals surface area contributed by atoms with E-state index in [0.29, 0.717) is 11.5 Å². The average molecular weight is 247 g/mol. The van der Waals surface area contributed by atoms with Gasteiger partial charge in [-0.05, 0) is 81.6 Å². The Bertz CT molecular complexity index is 295. The Morgan fingerprint density at radius 3 is 2.06 bits per heavy atom. The standard InChI is InChI=1S/C17H29N/c1-4-18-16(5-12(2)3)17-9-13-6-14(10-17)8-15(7-13)11-17/h13-16,18H,2,4-11H2,1,3H3. The molecular weight excluding hydrogens is 218 g/mol. The van der Waals surface area contributed by atoms with Gasteiger partial charge in [0.1, 0.15) is 0 Å². The SMILES string of the molecule is C=C(C)CC(NCC)C12CC3CC(CC(C3)C1)C2. The molecule has 0 saturated heterocycles. The van der Waals surface area contributed by atoms with Crippen molar-refractivity contribution >= 4 is 0 Å². The van der Waals surface area contributed by atoms with Crippen LogP contribution in [0.15, 0.2) is 12.2 Å². The van der Waals surface area contributed by atoms with Crippen LogP contribution in [0, 0.1) is 23.2 Å². The third-order valence-corrected chi connectivity index (χ3v) is 5.83. The minimum Gasteiger partial charge on any atom is -0.313 e. The maximum absolute atomic E-state index is 4.16. The van der Waals surface area contributed by atoms with Crippen LogP contribution in [0.25, 0.3) is 0 Å². The highest BCUT2D eigenvalue weighted by molar-refractivity contribution is 5.09. The van der Waals surface area contributed by atoms with E-state index in [0.717, 1.165) is 24.3 Å². The Hall–Kier alpha value is -0.300. The second-order valence-corrected chi connectivity index (χ2v) is 7.55. The van der Waals surface area contributed by atoms with Crippen LogP contribution in [0.2, 0.25) is 0 Å². The maximum atomic E-state index is 4.16. The summed E-state index contributed by atoms with van der Waals surface area (Å²) in [5.41, 5.74) is 1.99. The van der Waals surface area contributed by atoms with Gasteiger partial charge in [0.2, 0.25) is 0 Å². The molecule has 0 aromatic heterocycles. The monoisotopic (exact) mass is 247 g/mol. The van der Waals surface area contributed by atoms with Crippen LogP contribution in [-0.2, 0) is 0 Å². The number of hydrogen-bond donors (Lipinski definition) is 1. The van der Waals surface area contributed by atoms with Gasteiger partial charge in [-0.3, -0.25) is 0 Å². The van der Waals surface area contributed by atoms with Crippen LogP contribution in [0.4, 0.5) is 0 Å². The number of nitrogens with one attached hydrogen (secondary N) is 1. The molecule has 4 aliphatic carbocycles. The predicted octanol–water partition coefficient (Wildman–Crippen LogP) is 4.15. The first kappa shape index (κ1) is 12.7. The lowest BCUT2D eigenvalue weighted by Crippen LogP contribution is -2.56. The quantitative estimate of drug-likeness (QED) is 0.720.